The van der Waals surface area contributed by atoms with Crippen molar-refractivity contribution in [3.8, 4) is 5.75 Å². The van der Waals surface area contributed by atoms with E-state index in [0.29, 0.717) is 4.47 Å². The molecule has 0 fully saturated rings. The first kappa shape index (κ1) is 21.5. The van der Waals surface area contributed by atoms with Gasteiger partial charge >= 0.3 is 6.09 Å². The SMILES string of the molecule is CC(C)(C)OC(=O)NC(CCC(N)=O)COc1cc(F)cc(Br)c1Cl. The zero-order valence-electron chi connectivity index (χ0n) is 14.2. The quantitative estimate of drug-likeness (QED) is 0.633. The number of amides is 2. The molecule has 25 heavy (non-hydrogen) atoms. The molecule has 3 N–H and O–H groups in total. The number of nitrogens with two attached hydrogens (primary N) is 1. The van der Waals surface area contributed by atoms with Gasteiger partial charge in [-0.05, 0) is 49.2 Å². The van der Waals surface area contributed by atoms with Crippen molar-refractivity contribution in [3.05, 3.63) is 27.4 Å². The second kappa shape index (κ2) is 9.24. The van der Waals surface area contributed by atoms with Crippen molar-refractivity contribution >= 4 is 39.5 Å². The van der Waals surface area contributed by atoms with Crippen molar-refractivity contribution in [1.82, 2.24) is 5.32 Å². The van der Waals surface area contributed by atoms with E-state index in [9.17, 15) is 14.0 Å². The minimum absolute atomic E-state index is 0.0395. The first-order chi connectivity index (χ1) is 11.5. The molecular weight excluding hydrogens is 419 g/mol. The lowest BCUT2D eigenvalue weighted by atomic mass is 10.1. The lowest BCUT2D eigenvalue weighted by Gasteiger charge is -2.24. The third kappa shape index (κ3) is 8.40. The summed E-state index contributed by atoms with van der Waals surface area (Å²) >= 11 is 9.17. The largest absolute Gasteiger partial charge is 0.490 e. The maximum absolute atomic E-state index is 13.5. The highest BCUT2D eigenvalue weighted by Crippen LogP contribution is 2.33. The van der Waals surface area contributed by atoms with Crippen molar-refractivity contribution in [3.63, 3.8) is 0 Å². The van der Waals surface area contributed by atoms with Gasteiger partial charge in [0.25, 0.3) is 0 Å². The van der Waals surface area contributed by atoms with Crippen LogP contribution in [0.1, 0.15) is 33.6 Å². The normalized spacial score (nSPS) is 12.4. The average molecular weight is 440 g/mol. The molecule has 0 radical (unpaired) electrons. The summed E-state index contributed by atoms with van der Waals surface area (Å²) in [5, 5.41) is 2.81. The molecule has 0 bridgehead atoms. The Labute approximate surface area is 159 Å². The Morgan fingerprint density at radius 1 is 1.40 bits per heavy atom. The Morgan fingerprint density at radius 3 is 2.60 bits per heavy atom. The highest BCUT2D eigenvalue weighted by Gasteiger charge is 2.21. The molecule has 2 amide bonds. The van der Waals surface area contributed by atoms with E-state index in [1.165, 1.54) is 6.07 Å². The minimum Gasteiger partial charge on any atom is -0.490 e. The second-order valence-corrected chi connectivity index (χ2v) is 7.59. The van der Waals surface area contributed by atoms with Gasteiger partial charge in [-0.3, -0.25) is 4.79 Å². The minimum atomic E-state index is -0.671. The van der Waals surface area contributed by atoms with Crippen molar-refractivity contribution in [2.24, 2.45) is 5.73 Å². The number of primary amides is 1. The van der Waals surface area contributed by atoms with Crippen LogP contribution in [-0.4, -0.2) is 30.3 Å². The van der Waals surface area contributed by atoms with E-state index in [-0.39, 0.29) is 30.2 Å². The van der Waals surface area contributed by atoms with Crippen LogP contribution in [0.15, 0.2) is 16.6 Å². The van der Waals surface area contributed by atoms with Crippen LogP contribution in [0.2, 0.25) is 5.02 Å². The van der Waals surface area contributed by atoms with E-state index in [2.05, 4.69) is 21.2 Å². The van der Waals surface area contributed by atoms with E-state index in [0.717, 1.165) is 6.07 Å². The van der Waals surface area contributed by atoms with Crippen LogP contribution >= 0.6 is 27.5 Å². The fourth-order valence-corrected chi connectivity index (χ4v) is 2.39. The first-order valence-corrected chi connectivity index (χ1v) is 8.70. The molecule has 1 aromatic rings. The zero-order valence-corrected chi connectivity index (χ0v) is 16.5. The third-order valence-electron chi connectivity index (χ3n) is 2.86. The zero-order chi connectivity index (χ0) is 19.2. The molecule has 1 unspecified atom stereocenters. The number of hydrogen-bond acceptors (Lipinski definition) is 4. The summed E-state index contributed by atoms with van der Waals surface area (Å²) in [6.45, 7) is 5.14. The van der Waals surface area contributed by atoms with Gasteiger partial charge in [0.05, 0.1) is 11.1 Å². The molecule has 0 saturated heterocycles. The fraction of sp³-hybridized carbons (Fsp3) is 0.500. The molecule has 0 aliphatic carbocycles. The maximum Gasteiger partial charge on any atom is 0.407 e. The van der Waals surface area contributed by atoms with Gasteiger partial charge < -0.3 is 20.5 Å². The lowest BCUT2D eigenvalue weighted by molar-refractivity contribution is -0.118. The maximum atomic E-state index is 13.5. The van der Waals surface area contributed by atoms with Crippen molar-refractivity contribution in [2.75, 3.05) is 6.61 Å². The summed E-state index contributed by atoms with van der Waals surface area (Å²) in [5.74, 6) is -0.925. The van der Waals surface area contributed by atoms with Gasteiger partial charge in [0.2, 0.25) is 5.91 Å². The number of carbonyl (C=O) groups is 2. The summed E-state index contributed by atoms with van der Waals surface area (Å²) in [4.78, 5) is 22.9. The van der Waals surface area contributed by atoms with E-state index in [4.69, 9.17) is 26.8 Å². The lowest BCUT2D eigenvalue weighted by Crippen LogP contribution is -2.42. The van der Waals surface area contributed by atoms with Crippen LogP contribution in [0, 0.1) is 5.82 Å². The molecule has 0 saturated carbocycles. The standard InChI is InChI=1S/C16H21BrClFN2O4/c1-16(2,3)25-15(23)21-10(4-5-13(20)22)8-24-12-7-9(19)6-11(17)14(12)18/h6-7,10H,4-5,8H2,1-3H3,(H2,20,22)(H,21,23). The summed E-state index contributed by atoms with van der Waals surface area (Å²) in [6, 6.07) is 1.77. The number of hydrogen-bond donors (Lipinski definition) is 2. The van der Waals surface area contributed by atoms with Gasteiger partial charge in [-0.2, -0.15) is 0 Å². The van der Waals surface area contributed by atoms with Gasteiger partial charge in [-0.1, -0.05) is 11.6 Å². The molecule has 0 aliphatic rings. The van der Waals surface area contributed by atoms with Crippen LogP contribution in [-0.2, 0) is 9.53 Å². The molecule has 0 aliphatic heterocycles. The number of benzene rings is 1. The number of carbonyl (C=O) groups excluding carboxylic acids is 2. The molecule has 0 heterocycles. The van der Waals surface area contributed by atoms with Crippen molar-refractivity contribution in [2.45, 2.75) is 45.3 Å². The second-order valence-electron chi connectivity index (χ2n) is 6.36. The van der Waals surface area contributed by atoms with Crippen LogP contribution < -0.4 is 15.8 Å². The van der Waals surface area contributed by atoms with E-state index in [1.807, 2.05) is 0 Å². The average Bonchev–Trinajstić information content (AvgIpc) is 2.44. The van der Waals surface area contributed by atoms with Gasteiger partial charge in [-0.15, -0.1) is 0 Å². The van der Waals surface area contributed by atoms with Crippen molar-refractivity contribution in [1.29, 1.82) is 0 Å². The molecule has 0 aromatic heterocycles. The summed E-state index contributed by atoms with van der Waals surface area (Å²) < 4.78 is 24.5. The Bertz CT molecular complexity index is 637. The Balaban J connectivity index is 2.76. The molecule has 1 aromatic carbocycles. The number of alkyl carbamates (subject to hydrolysis) is 1. The van der Waals surface area contributed by atoms with E-state index >= 15 is 0 Å². The summed E-state index contributed by atoms with van der Waals surface area (Å²) in [6.07, 6.45) is -0.371. The summed E-state index contributed by atoms with van der Waals surface area (Å²) in [7, 11) is 0. The Kier molecular flexibility index (Phi) is 7.95. The van der Waals surface area contributed by atoms with Crippen LogP contribution in [0.5, 0.6) is 5.75 Å². The molecule has 1 atom stereocenters. The number of halogens is 3. The fourth-order valence-electron chi connectivity index (χ4n) is 1.82. The number of nitrogens with one attached hydrogen (secondary N) is 1. The van der Waals surface area contributed by atoms with Gasteiger partial charge in [0.15, 0.2) is 0 Å². The molecule has 1 rings (SSSR count). The molecule has 140 valence electrons. The van der Waals surface area contributed by atoms with Crippen LogP contribution in [0.4, 0.5) is 9.18 Å². The number of rotatable bonds is 7. The van der Waals surface area contributed by atoms with Crippen LogP contribution in [0.25, 0.3) is 0 Å². The van der Waals surface area contributed by atoms with E-state index in [1.54, 1.807) is 20.8 Å². The topological polar surface area (TPSA) is 90.6 Å². The predicted molar refractivity (Wildman–Crippen MR) is 96.2 cm³/mol. The molecule has 6 nitrogen and oxygen atoms in total. The Hall–Kier alpha value is -1.54. The molecule has 9 heteroatoms. The van der Waals surface area contributed by atoms with Crippen LogP contribution in [0.3, 0.4) is 0 Å². The highest BCUT2D eigenvalue weighted by molar-refractivity contribution is 9.10. The van der Waals surface area contributed by atoms with Gasteiger partial charge in [0, 0.05) is 17.0 Å². The van der Waals surface area contributed by atoms with Gasteiger partial charge in [0.1, 0.15) is 23.8 Å². The van der Waals surface area contributed by atoms with E-state index < -0.39 is 29.5 Å². The highest BCUT2D eigenvalue weighted by atomic mass is 79.9. The smallest absolute Gasteiger partial charge is 0.407 e. The third-order valence-corrected chi connectivity index (χ3v) is 4.10. The predicted octanol–water partition coefficient (Wildman–Crippen LogP) is 3.78. The first-order valence-electron chi connectivity index (χ1n) is 7.53. The Morgan fingerprint density at radius 2 is 2.04 bits per heavy atom. The van der Waals surface area contributed by atoms with Crippen molar-refractivity contribution < 1.29 is 23.5 Å². The molecule has 0 spiro atoms. The molecular formula is C16H21BrClFN2O4. The van der Waals surface area contributed by atoms with Gasteiger partial charge in [-0.25, -0.2) is 9.18 Å². The number of ether oxygens (including phenoxy) is 2. The monoisotopic (exact) mass is 438 g/mol. The summed E-state index contributed by atoms with van der Waals surface area (Å²) in [5.41, 5.74) is 4.47.